The first-order valence-corrected chi connectivity index (χ1v) is 6.99. The van der Waals surface area contributed by atoms with Gasteiger partial charge in [-0.3, -0.25) is 4.79 Å². The molecule has 1 aromatic rings. The largest absolute Gasteiger partial charge is 0.458 e. The van der Waals surface area contributed by atoms with E-state index in [1.807, 2.05) is 13.8 Å². The predicted octanol–water partition coefficient (Wildman–Crippen LogP) is 2.39. The summed E-state index contributed by atoms with van der Waals surface area (Å²) in [7, 11) is 0. The van der Waals surface area contributed by atoms with Crippen LogP contribution in [0.5, 0.6) is 0 Å². The summed E-state index contributed by atoms with van der Waals surface area (Å²) in [4.78, 5) is 28.4. The zero-order valence-electron chi connectivity index (χ0n) is 13.7. The van der Waals surface area contributed by atoms with E-state index < -0.39 is 23.5 Å². The minimum Gasteiger partial charge on any atom is -0.458 e. The maximum absolute atomic E-state index is 12.2. The number of carbonyl (C=O) groups excluding carboxylic acids is 2. The smallest absolute Gasteiger partial charge is 0.329 e. The lowest BCUT2D eigenvalue weighted by Crippen LogP contribution is -2.47. The number of amides is 1. The second-order valence-electron chi connectivity index (χ2n) is 6.38. The number of ether oxygens (including phenoxy) is 1. The van der Waals surface area contributed by atoms with E-state index >= 15 is 0 Å². The first kappa shape index (κ1) is 17.2. The van der Waals surface area contributed by atoms with Gasteiger partial charge in [0, 0.05) is 6.92 Å². The third kappa shape index (κ3) is 4.88. The molecule has 1 aromatic heterocycles. The van der Waals surface area contributed by atoms with Crippen molar-refractivity contribution >= 4 is 11.9 Å². The van der Waals surface area contributed by atoms with Crippen molar-refractivity contribution in [1.82, 2.24) is 10.3 Å². The van der Waals surface area contributed by atoms with Gasteiger partial charge in [0.15, 0.2) is 5.89 Å². The van der Waals surface area contributed by atoms with Gasteiger partial charge in [-0.05, 0) is 33.6 Å². The molecular weight excluding hydrogens is 272 g/mol. The average molecular weight is 296 g/mol. The Morgan fingerprint density at radius 3 is 2.19 bits per heavy atom. The van der Waals surface area contributed by atoms with Crippen LogP contribution in [0.2, 0.25) is 0 Å². The second kappa shape index (κ2) is 6.28. The number of aromatic nitrogens is 1. The van der Waals surface area contributed by atoms with E-state index in [-0.39, 0.29) is 11.7 Å². The number of aryl methyl sites for hydroxylation is 2. The molecule has 0 aliphatic heterocycles. The Morgan fingerprint density at radius 2 is 1.81 bits per heavy atom. The molecule has 0 unspecified atom stereocenters. The highest BCUT2D eigenvalue weighted by Gasteiger charge is 2.30. The molecule has 0 spiro atoms. The number of rotatable bonds is 4. The molecule has 118 valence electrons. The fraction of sp³-hybridized carbons (Fsp3) is 0.667. The van der Waals surface area contributed by atoms with Crippen molar-refractivity contribution in [3.05, 3.63) is 17.3 Å². The van der Waals surface area contributed by atoms with Crippen LogP contribution >= 0.6 is 0 Å². The van der Waals surface area contributed by atoms with Crippen LogP contribution in [-0.4, -0.2) is 28.5 Å². The molecule has 21 heavy (non-hydrogen) atoms. The highest BCUT2D eigenvalue weighted by atomic mass is 16.6. The van der Waals surface area contributed by atoms with Gasteiger partial charge >= 0.3 is 5.97 Å². The summed E-state index contributed by atoms with van der Waals surface area (Å²) in [5, 5.41) is 2.66. The minimum absolute atomic E-state index is 0.104. The first-order chi connectivity index (χ1) is 9.51. The summed E-state index contributed by atoms with van der Waals surface area (Å²) >= 11 is 0. The maximum atomic E-state index is 12.2. The SMILES string of the molecule is Cc1nc(C)c(C(=O)N[C@@H](C(=O)OC(C)(C)C)C(C)C)o1. The molecule has 1 amide bonds. The zero-order chi connectivity index (χ0) is 16.4. The maximum Gasteiger partial charge on any atom is 0.329 e. The Labute approximate surface area is 125 Å². The van der Waals surface area contributed by atoms with Gasteiger partial charge in [-0.15, -0.1) is 0 Å². The van der Waals surface area contributed by atoms with Crippen LogP contribution in [0.25, 0.3) is 0 Å². The summed E-state index contributed by atoms with van der Waals surface area (Å²) in [6, 6.07) is -0.735. The van der Waals surface area contributed by atoms with E-state index in [1.54, 1.807) is 34.6 Å². The molecule has 6 heteroatoms. The highest BCUT2D eigenvalue weighted by Crippen LogP contribution is 2.14. The fourth-order valence-electron chi connectivity index (χ4n) is 1.81. The number of carbonyl (C=O) groups is 2. The van der Waals surface area contributed by atoms with Gasteiger partial charge in [0.25, 0.3) is 5.91 Å². The van der Waals surface area contributed by atoms with Crippen molar-refractivity contribution in [2.45, 2.75) is 60.1 Å². The Hall–Kier alpha value is -1.85. The van der Waals surface area contributed by atoms with Crippen molar-refractivity contribution in [2.24, 2.45) is 5.92 Å². The summed E-state index contributed by atoms with van der Waals surface area (Å²) in [5.74, 6) is -0.483. The van der Waals surface area contributed by atoms with E-state index in [1.165, 1.54) is 0 Å². The van der Waals surface area contributed by atoms with Gasteiger partial charge in [-0.2, -0.15) is 0 Å². The first-order valence-electron chi connectivity index (χ1n) is 6.99. The summed E-state index contributed by atoms with van der Waals surface area (Å²) < 4.78 is 10.6. The number of nitrogens with zero attached hydrogens (tertiary/aromatic N) is 1. The minimum atomic E-state index is -0.735. The van der Waals surface area contributed by atoms with Gasteiger partial charge in [-0.25, -0.2) is 9.78 Å². The summed E-state index contributed by atoms with van der Waals surface area (Å²) in [5.41, 5.74) is -0.107. The lowest BCUT2D eigenvalue weighted by atomic mass is 10.0. The number of hydrogen-bond donors (Lipinski definition) is 1. The molecule has 0 bridgehead atoms. The molecule has 1 N–H and O–H groups in total. The lowest BCUT2D eigenvalue weighted by molar-refractivity contribution is -0.158. The quantitative estimate of drug-likeness (QED) is 0.863. The van der Waals surface area contributed by atoms with Crippen molar-refractivity contribution in [3.63, 3.8) is 0 Å². The van der Waals surface area contributed by atoms with Crippen LogP contribution in [0, 0.1) is 19.8 Å². The number of nitrogens with one attached hydrogen (secondary N) is 1. The molecule has 0 fully saturated rings. The molecule has 0 saturated carbocycles. The Balaban J connectivity index is 2.86. The summed E-state index contributed by atoms with van der Waals surface area (Å²) in [6.45, 7) is 12.4. The normalized spacial score (nSPS) is 13.1. The van der Waals surface area contributed by atoms with Crippen LogP contribution in [-0.2, 0) is 9.53 Å². The molecular formula is C15H24N2O4. The number of oxazole rings is 1. The molecule has 0 saturated heterocycles. The molecule has 1 heterocycles. The molecule has 1 rings (SSSR count). The van der Waals surface area contributed by atoms with Gasteiger partial charge in [-0.1, -0.05) is 13.8 Å². The fourth-order valence-corrected chi connectivity index (χ4v) is 1.81. The topological polar surface area (TPSA) is 81.4 Å². The van der Waals surface area contributed by atoms with Crippen molar-refractivity contribution in [2.75, 3.05) is 0 Å². The molecule has 0 aliphatic rings. The monoisotopic (exact) mass is 296 g/mol. The number of hydrogen-bond acceptors (Lipinski definition) is 5. The van der Waals surface area contributed by atoms with Crippen molar-refractivity contribution < 1.29 is 18.7 Å². The van der Waals surface area contributed by atoms with Crippen molar-refractivity contribution in [1.29, 1.82) is 0 Å². The Bertz CT molecular complexity index is 526. The van der Waals surface area contributed by atoms with Gasteiger partial charge in [0.05, 0.1) is 5.69 Å². The summed E-state index contributed by atoms with van der Waals surface area (Å²) in [6.07, 6.45) is 0. The van der Waals surface area contributed by atoms with E-state index in [0.29, 0.717) is 11.6 Å². The Morgan fingerprint density at radius 1 is 1.24 bits per heavy atom. The second-order valence-corrected chi connectivity index (χ2v) is 6.38. The van der Waals surface area contributed by atoms with E-state index in [0.717, 1.165) is 0 Å². The Kier molecular flexibility index (Phi) is 5.15. The van der Waals surface area contributed by atoms with Gasteiger partial charge in [0.1, 0.15) is 11.6 Å². The predicted molar refractivity (Wildman–Crippen MR) is 77.9 cm³/mol. The van der Waals surface area contributed by atoms with E-state index in [9.17, 15) is 9.59 Å². The standard InChI is InChI=1S/C15H24N2O4/c1-8(2)11(14(19)21-15(5,6)7)17-13(18)12-9(3)16-10(4)20-12/h8,11H,1-7H3,(H,17,18)/t11-/m1/s1. The van der Waals surface area contributed by atoms with Crippen LogP contribution in [0.15, 0.2) is 4.42 Å². The molecule has 6 nitrogen and oxygen atoms in total. The third-order valence-corrected chi connectivity index (χ3v) is 2.72. The van der Waals surface area contributed by atoms with Crippen LogP contribution in [0.4, 0.5) is 0 Å². The van der Waals surface area contributed by atoms with E-state index in [4.69, 9.17) is 9.15 Å². The average Bonchev–Trinajstić information content (AvgIpc) is 2.62. The number of esters is 1. The molecule has 0 aliphatic carbocycles. The molecule has 1 atom stereocenters. The van der Waals surface area contributed by atoms with Crippen LogP contribution in [0.3, 0.4) is 0 Å². The lowest BCUT2D eigenvalue weighted by Gasteiger charge is -2.26. The zero-order valence-corrected chi connectivity index (χ0v) is 13.7. The van der Waals surface area contributed by atoms with Crippen LogP contribution < -0.4 is 5.32 Å². The third-order valence-electron chi connectivity index (χ3n) is 2.72. The van der Waals surface area contributed by atoms with E-state index in [2.05, 4.69) is 10.3 Å². The van der Waals surface area contributed by atoms with Crippen LogP contribution in [0.1, 0.15) is 56.8 Å². The van der Waals surface area contributed by atoms with Gasteiger partial charge in [0.2, 0.25) is 5.76 Å². The molecule has 0 radical (unpaired) electrons. The van der Waals surface area contributed by atoms with Gasteiger partial charge < -0.3 is 14.5 Å². The highest BCUT2D eigenvalue weighted by molar-refractivity contribution is 5.95. The molecule has 0 aromatic carbocycles. The van der Waals surface area contributed by atoms with Crippen molar-refractivity contribution in [3.8, 4) is 0 Å².